The van der Waals surface area contributed by atoms with Gasteiger partial charge in [0.25, 0.3) is 5.91 Å². The van der Waals surface area contributed by atoms with Crippen molar-refractivity contribution >= 4 is 23.1 Å². The van der Waals surface area contributed by atoms with Crippen LogP contribution in [0.5, 0.6) is 0 Å². The van der Waals surface area contributed by atoms with E-state index in [-0.39, 0.29) is 11.9 Å². The fourth-order valence-corrected chi connectivity index (χ4v) is 2.87. The number of para-hydroxylation sites is 1. The highest BCUT2D eigenvalue weighted by Gasteiger charge is 2.31. The first kappa shape index (κ1) is 14.4. The molecule has 2 aliphatic heterocycles. The summed E-state index contributed by atoms with van der Waals surface area (Å²) in [6.07, 6.45) is 0.590. The van der Waals surface area contributed by atoms with Gasteiger partial charge in [-0.3, -0.25) is 4.79 Å². The van der Waals surface area contributed by atoms with E-state index >= 15 is 0 Å². The number of fused-ring (bicyclic) bond motifs is 1. The zero-order valence-electron chi connectivity index (χ0n) is 13.1. The van der Waals surface area contributed by atoms with Crippen LogP contribution in [0.4, 0.5) is 5.69 Å². The number of anilines is 1. The molecule has 6 heteroatoms. The van der Waals surface area contributed by atoms with Gasteiger partial charge in [0.15, 0.2) is 11.5 Å². The summed E-state index contributed by atoms with van der Waals surface area (Å²) in [6.45, 7) is 0. The minimum atomic E-state index is -0.157. The number of carbonyl (C=O) groups excluding carboxylic acids is 1. The van der Waals surface area contributed by atoms with Gasteiger partial charge in [-0.05, 0) is 11.6 Å². The minimum absolute atomic E-state index is 0.0283. The van der Waals surface area contributed by atoms with Gasteiger partial charge >= 0.3 is 0 Å². The average molecular weight is 317 g/mol. The molecule has 0 aromatic heterocycles. The van der Waals surface area contributed by atoms with E-state index in [2.05, 4.69) is 20.4 Å². The van der Waals surface area contributed by atoms with Gasteiger partial charge in [-0.2, -0.15) is 5.11 Å². The van der Waals surface area contributed by atoms with Gasteiger partial charge in [-0.25, -0.2) is 0 Å². The van der Waals surface area contributed by atoms with Crippen LogP contribution in [-0.4, -0.2) is 24.5 Å². The molecule has 2 aromatic carbocycles. The molecular formula is C18H15N5O. The minimum Gasteiger partial charge on any atom is -0.309 e. The van der Waals surface area contributed by atoms with E-state index in [1.807, 2.05) is 54.6 Å². The fraction of sp³-hybridized carbons (Fsp3) is 0.167. The highest BCUT2D eigenvalue weighted by molar-refractivity contribution is 6.54. The largest absolute Gasteiger partial charge is 0.309 e. The quantitative estimate of drug-likeness (QED) is 0.783. The molecule has 1 amide bonds. The highest BCUT2D eigenvalue weighted by atomic mass is 16.2. The Morgan fingerprint density at radius 2 is 1.79 bits per heavy atom. The maximum atomic E-state index is 12.3. The summed E-state index contributed by atoms with van der Waals surface area (Å²) >= 11 is 0. The number of nitrogens with zero attached hydrogens (tertiary/aromatic N) is 5. The van der Waals surface area contributed by atoms with Gasteiger partial charge in [0, 0.05) is 19.0 Å². The molecule has 0 saturated heterocycles. The van der Waals surface area contributed by atoms with E-state index < -0.39 is 0 Å². The number of rotatable bonds is 2. The van der Waals surface area contributed by atoms with E-state index in [1.54, 1.807) is 11.9 Å². The van der Waals surface area contributed by atoms with Crippen LogP contribution < -0.4 is 4.90 Å². The van der Waals surface area contributed by atoms with Gasteiger partial charge < -0.3 is 4.90 Å². The van der Waals surface area contributed by atoms with Crippen molar-refractivity contribution in [3.63, 3.8) is 0 Å². The fourth-order valence-electron chi connectivity index (χ4n) is 2.87. The number of benzene rings is 2. The van der Waals surface area contributed by atoms with Crippen LogP contribution in [0, 0.1) is 0 Å². The second-order valence-corrected chi connectivity index (χ2v) is 5.69. The molecule has 4 rings (SSSR count). The first-order chi connectivity index (χ1) is 11.7. The van der Waals surface area contributed by atoms with Crippen LogP contribution in [-0.2, 0) is 4.79 Å². The average Bonchev–Trinajstić information content (AvgIpc) is 3.19. The molecule has 0 aliphatic carbocycles. The van der Waals surface area contributed by atoms with Crippen molar-refractivity contribution in [2.75, 3.05) is 11.9 Å². The summed E-state index contributed by atoms with van der Waals surface area (Å²) in [6, 6.07) is 17.5. The molecule has 0 fully saturated rings. The first-order valence-corrected chi connectivity index (χ1v) is 7.72. The predicted molar refractivity (Wildman–Crippen MR) is 92.5 cm³/mol. The van der Waals surface area contributed by atoms with Crippen molar-refractivity contribution < 1.29 is 4.79 Å². The second-order valence-electron chi connectivity index (χ2n) is 5.69. The predicted octanol–water partition coefficient (Wildman–Crippen LogP) is 3.36. The smallest absolute Gasteiger partial charge is 0.279 e. The van der Waals surface area contributed by atoms with Crippen LogP contribution in [0.3, 0.4) is 0 Å². The molecule has 0 bridgehead atoms. The monoisotopic (exact) mass is 317 g/mol. The second kappa shape index (κ2) is 5.81. The van der Waals surface area contributed by atoms with Crippen molar-refractivity contribution in [3.8, 4) is 0 Å². The van der Waals surface area contributed by atoms with Gasteiger partial charge in [0.1, 0.15) is 6.04 Å². The Labute approximate surface area is 139 Å². The number of amidine groups is 1. The van der Waals surface area contributed by atoms with Crippen LogP contribution >= 0.6 is 0 Å². The molecule has 24 heavy (non-hydrogen) atoms. The third kappa shape index (κ3) is 2.42. The molecule has 0 spiro atoms. The Morgan fingerprint density at radius 1 is 1.04 bits per heavy atom. The van der Waals surface area contributed by atoms with E-state index in [1.165, 1.54) is 0 Å². The number of azo groups is 1. The maximum absolute atomic E-state index is 12.3. The molecule has 1 unspecified atom stereocenters. The molecule has 2 aromatic rings. The molecular weight excluding hydrogens is 302 g/mol. The van der Waals surface area contributed by atoms with Crippen molar-refractivity contribution in [2.45, 2.75) is 12.5 Å². The van der Waals surface area contributed by atoms with Crippen LogP contribution in [0.25, 0.3) is 0 Å². The molecule has 6 nitrogen and oxygen atoms in total. The van der Waals surface area contributed by atoms with E-state index in [9.17, 15) is 4.79 Å². The molecule has 0 radical (unpaired) electrons. The molecule has 0 N–H and O–H groups in total. The molecule has 2 aliphatic rings. The zero-order chi connectivity index (χ0) is 16.5. The molecule has 1 atom stereocenters. The van der Waals surface area contributed by atoms with Gasteiger partial charge in [-0.15, -0.1) is 15.3 Å². The Bertz CT molecular complexity index is 885. The molecule has 2 heterocycles. The SMILES string of the molecule is CN1C(=O)/C(=N/N=C2\CC(c3ccccc3)N=N2)c2ccccc21. The van der Waals surface area contributed by atoms with E-state index in [0.29, 0.717) is 18.0 Å². The third-order valence-electron chi connectivity index (χ3n) is 4.17. The number of amides is 1. The summed E-state index contributed by atoms with van der Waals surface area (Å²) in [7, 11) is 1.73. The summed E-state index contributed by atoms with van der Waals surface area (Å²) in [4.78, 5) is 13.9. The summed E-state index contributed by atoms with van der Waals surface area (Å²) in [5, 5.41) is 16.7. The Hall–Kier alpha value is -3.15. The van der Waals surface area contributed by atoms with E-state index in [0.717, 1.165) is 16.8 Å². The number of carbonyl (C=O) groups is 1. The van der Waals surface area contributed by atoms with Crippen molar-refractivity contribution in [2.24, 2.45) is 20.4 Å². The van der Waals surface area contributed by atoms with Crippen molar-refractivity contribution in [1.29, 1.82) is 0 Å². The van der Waals surface area contributed by atoms with Gasteiger partial charge in [0.05, 0.1) is 5.69 Å². The normalized spacial score (nSPS) is 22.6. The number of likely N-dealkylation sites (N-methyl/N-ethyl adjacent to an activating group) is 1. The lowest BCUT2D eigenvalue weighted by Gasteiger charge is -2.07. The van der Waals surface area contributed by atoms with Gasteiger partial charge in [-0.1, -0.05) is 48.5 Å². The summed E-state index contributed by atoms with van der Waals surface area (Å²) in [5.41, 5.74) is 3.08. The lowest BCUT2D eigenvalue weighted by atomic mass is 10.1. The summed E-state index contributed by atoms with van der Waals surface area (Å²) in [5.74, 6) is 0.381. The number of hydrogen-bond acceptors (Lipinski definition) is 4. The van der Waals surface area contributed by atoms with E-state index in [4.69, 9.17) is 0 Å². The van der Waals surface area contributed by atoms with Crippen LogP contribution in [0.15, 0.2) is 75.0 Å². The first-order valence-electron chi connectivity index (χ1n) is 7.72. The van der Waals surface area contributed by atoms with Gasteiger partial charge in [0.2, 0.25) is 0 Å². The lowest BCUT2D eigenvalue weighted by molar-refractivity contribution is -0.111. The Kier molecular flexibility index (Phi) is 3.49. The number of hydrogen-bond donors (Lipinski definition) is 0. The van der Waals surface area contributed by atoms with Crippen LogP contribution in [0.2, 0.25) is 0 Å². The Morgan fingerprint density at radius 3 is 2.62 bits per heavy atom. The van der Waals surface area contributed by atoms with Crippen LogP contribution in [0.1, 0.15) is 23.6 Å². The maximum Gasteiger partial charge on any atom is 0.279 e. The topological polar surface area (TPSA) is 69.8 Å². The third-order valence-corrected chi connectivity index (χ3v) is 4.17. The standard InChI is InChI=1S/C18H15N5O/c1-23-15-10-6-5-9-13(15)17(18(23)24)22-21-16-11-14(19-20-16)12-7-3-2-4-8-12/h2-10,14H,11H2,1H3/b21-16+,22-17+. The lowest BCUT2D eigenvalue weighted by Crippen LogP contribution is -2.25. The zero-order valence-corrected chi connectivity index (χ0v) is 13.1. The van der Waals surface area contributed by atoms with Crippen molar-refractivity contribution in [3.05, 3.63) is 65.7 Å². The van der Waals surface area contributed by atoms with Crippen molar-refractivity contribution in [1.82, 2.24) is 0 Å². The Balaban J connectivity index is 1.59. The summed E-state index contributed by atoms with van der Waals surface area (Å²) < 4.78 is 0. The highest BCUT2D eigenvalue weighted by Crippen LogP contribution is 2.29. The molecule has 0 saturated carbocycles. The molecule has 118 valence electrons.